The van der Waals surface area contributed by atoms with E-state index in [0.29, 0.717) is 17.9 Å². The molecule has 1 atom stereocenters. The van der Waals surface area contributed by atoms with Gasteiger partial charge >= 0.3 is 0 Å². The van der Waals surface area contributed by atoms with E-state index in [-0.39, 0.29) is 11.4 Å². The highest BCUT2D eigenvalue weighted by molar-refractivity contribution is 7.81. The molecule has 0 saturated heterocycles. The van der Waals surface area contributed by atoms with Gasteiger partial charge in [-0.2, -0.15) is 12.6 Å². The molecule has 1 aromatic carbocycles. The summed E-state index contributed by atoms with van der Waals surface area (Å²) < 4.78 is 0. The molecule has 2 N–H and O–H groups in total. The van der Waals surface area contributed by atoms with Gasteiger partial charge in [0, 0.05) is 30.8 Å². The molecule has 0 bridgehead atoms. The first-order valence-electron chi connectivity index (χ1n) is 5.53. The third-order valence-corrected chi connectivity index (χ3v) is 3.22. The predicted octanol–water partition coefficient (Wildman–Crippen LogP) is 1.66. The molecule has 0 spiro atoms. The molecule has 1 unspecified atom stereocenters. The zero-order chi connectivity index (χ0) is 13.1. The maximum absolute atomic E-state index is 10.7. The number of non-ortho nitro benzene ring substituents is 1. The van der Waals surface area contributed by atoms with Gasteiger partial charge in [0.25, 0.3) is 5.69 Å². The number of nitrogens with zero attached hydrogens (tertiary/aromatic N) is 2. The van der Waals surface area contributed by atoms with Crippen molar-refractivity contribution in [3.63, 3.8) is 0 Å². The fraction of sp³-hybridized carbons (Fsp3) is 0.364. The molecule has 0 aromatic heterocycles. The Morgan fingerprint density at radius 1 is 1.56 bits per heavy atom. The predicted molar refractivity (Wildman–Crippen MR) is 71.4 cm³/mol. The van der Waals surface area contributed by atoms with Crippen LogP contribution in [0, 0.1) is 10.1 Å². The van der Waals surface area contributed by atoms with Crippen LogP contribution in [0.3, 0.4) is 0 Å². The van der Waals surface area contributed by atoms with Gasteiger partial charge in [0.15, 0.2) is 0 Å². The van der Waals surface area contributed by atoms with Gasteiger partial charge in [-0.1, -0.05) is 0 Å². The lowest BCUT2D eigenvalue weighted by molar-refractivity contribution is -0.384. The first-order valence-corrected chi connectivity index (χ1v) is 6.05. The van der Waals surface area contributed by atoms with Crippen LogP contribution in [-0.4, -0.2) is 29.0 Å². The first kappa shape index (κ1) is 12.7. The molecule has 0 aliphatic carbocycles. The van der Waals surface area contributed by atoms with Crippen LogP contribution in [0.4, 0.5) is 5.69 Å². The van der Waals surface area contributed by atoms with Crippen molar-refractivity contribution in [3.8, 4) is 5.75 Å². The summed E-state index contributed by atoms with van der Waals surface area (Å²) in [6, 6.07) is 3.89. The van der Waals surface area contributed by atoms with E-state index in [1.807, 2.05) is 0 Å². The van der Waals surface area contributed by atoms with Crippen molar-refractivity contribution in [2.75, 3.05) is 13.1 Å². The summed E-state index contributed by atoms with van der Waals surface area (Å²) in [5, 5.41) is 23.1. The number of hydrogen-bond donors (Lipinski definition) is 3. The van der Waals surface area contributed by atoms with Crippen LogP contribution < -0.4 is 5.32 Å². The van der Waals surface area contributed by atoms with Crippen molar-refractivity contribution in [3.05, 3.63) is 33.9 Å². The van der Waals surface area contributed by atoms with E-state index in [9.17, 15) is 15.2 Å². The average Bonchev–Trinajstić information content (AvgIpc) is 2.39. The SMILES string of the molecule is O=[N+]([O-])c1ccc(O)c(C(S)C2=NCCCN2)c1. The number of amidine groups is 1. The standard InChI is InChI=1S/C11H13N3O3S/c15-9-3-2-7(14(16)17)6-8(9)10(18)11-12-4-1-5-13-11/h2-3,6,10,15,18H,1,4-5H2,(H,12,13). The summed E-state index contributed by atoms with van der Waals surface area (Å²) in [4.78, 5) is 14.5. The van der Waals surface area contributed by atoms with Gasteiger partial charge in [0.05, 0.1) is 10.2 Å². The van der Waals surface area contributed by atoms with E-state index in [4.69, 9.17) is 0 Å². The van der Waals surface area contributed by atoms with Gasteiger partial charge in [-0.05, 0) is 12.5 Å². The highest BCUT2D eigenvalue weighted by Gasteiger charge is 2.21. The van der Waals surface area contributed by atoms with Crippen LogP contribution in [0.25, 0.3) is 0 Å². The van der Waals surface area contributed by atoms with Crippen molar-refractivity contribution >= 4 is 24.2 Å². The molecule has 1 heterocycles. The lowest BCUT2D eigenvalue weighted by Gasteiger charge is -2.20. The Bertz CT molecular complexity index is 504. The van der Waals surface area contributed by atoms with E-state index < -0.39 is 10.2 Å². The van der Waals surface area contributed by atoms with Crippen molar-refractivity contribution in [1.29, 1.82) is 0 Å². The average molecular weight is 267 g/mol. The molecule has 1 aliphatic heterocycles. The monoisotopic (exact) mass is 267 g/mol. The van der Waals surface area contributed by atoms with Crippen LogP contribution in [-0.2, 0) is 0 Å². The highest BCUT2D eigenvalue weighted by atomic mass is 32.1. The summed E-state index contributed by atoms with van der Waals surface area (Å²) in [7, 11) is 0. The number of aromatic hydroxyl groups is 1. The molecule has 0 amide bonds. The Morgan fingerprint density at radius 3 is 2.94 bits per heavy atom. The van der Waals surface area contributed by atoms with Gasteiger partial charge in [0.1, 0.15) is 11.6 Å². The molecule has 96 valence electrons. The second-order valence-electron chi connectivity index (χ2n) is 3.95. The maximum atomic E-state index is 10.7. The molecule has 2 rings (SSSR count). The lowest BCUT2D eigenvalue weighted by atomic mass is 10.1. The fourth-order valence-electron chi connectivity index (χ4n) is 1.76. The van der Waals surface area contributed by atoms with E-state index in [2.05, 4.69) is 22.9 Å². The number of phenols is 1. The van der Waals surface area contributed by atoms with E-state index in [0.717, 1.165) is 13.0 Å². The molecular formula is C11H13N3O3S. The van der Waals surface area contributed by atoms with Gasteiger partial charge < -0.3 is 10.4 Å². The minimum absolute atomic E-state index is 0.0179. The van der Waals surface area contributed by atoms with Crippen molar-refractivity contribution in [2.45, 2.75) is 11.7 Å². The molecule has 18 heavy (non-hydrogen) atoms. The number of benzene rings is 1. The zero-order valence-corrected chi connectivity index (χ0v) is 10.4. The van der Waals surface area contributed by atoms with Crippen LogP contribution in [0.1, 0.15) is 17.2 Å². The third-order valence-electron chi connectivity index (χ3n) is 2.70. The second-order valence-corrected chi connectivity index (χ2v) is 4.47. The Kier molecular flexibility index (Phi) is 3.71. The number of aliphatic imine (C=N–C) groups is 1. The Balaban J connectivity index is 2.34. The zero-order valence-electron chi connectivity index (χ0n) is 9.54. The second kappa shape index (κ2) is 5.26. The van der Waals surface area contributed by atoms with Crippen LogP contribution in [0.2, 0.25) is 0 Å². The van der Waals surface area contributed by atoms with Crippen LogP contribution in [0.15, 0.2) is 23.2 Å². The van der Waals surface area contributed by atoms with Crippen molar-refractivity contribution < 1.29 is 10.0 Å². The van der Waals surface area contributed by atoms with E-state index in [1.54, 1.807) is 0 Å². The summed E-state index contributed by atoms with van der Waals surface area (Å²) in [5.74, 6) is 0.621. The Labute approximate surface area is 109 Å². The van der Waals surface area contributed by atoms with Gasteiger partial charge in [0.2, 0.25) is 0 Å². The maximum Gasteiger partial charge on any atom is 0.270 e. The molecule has 0 fully saturated rings. The van der Waals surface area contributed by atoms with Crippen LogP contribution in [0.5, 0.6) is 5.75 Å². The number of rotatable bonds is 3. The number of phenolic OH excluding ortho intramolecular Hbond substituents is 1. The largest absolute Gasteiger partial charge is 0.508 e. The highest BCUT2D eigenvalue weighted by Crippen LogP contribution is 2.32. The Hall–Kier alpha value is -1.76. The fourth-order valence-corrected chi connectivity index (χ4v) is 2.14. The molecule has 1 aliphatic rings. The summed E-state index contributed by atoms with van der Waals surface area (Å²) in [6.07, 6.45) is 0.949. The number of nitro groups is 1. The molecule has 0 saturated carbocycles. The van der Waals surface area contributed by atoms with Gasteiger partial charge in [-0.3, -0.25) is 15.1 Å². The van der Waals surface area contributed by atoms with Crippen molar-refractivity contribution in [2.24, 2.45) is 4.99 Å². The number of nitrogens with one attached hydrogen (secondary N) is 1. The van der Waals surface area contributed by atoms with E-state index in [1.165, 1.54) is 18.2 Å². The quantitative estimate of drug-likeness (QED) is 0.441. The molecular weight excluding hydrogens is 254 g/mol. The molecule has 6 nitrogen and oxygen atoms in total. The number of thiol groups is 1. The van der Waals surface area contributed by atoms with Gasteiger partial charge in [-0.25, -0.2) is 0 Å². The van der Waals surface area contributed by atoms with E-state index >= 15 is 0 Å². The van der Waals surface area contributed by atoms with Gasteiger partial charge in [-0.15, -0.1) is 0 Å². The third kappa shape index (κ3) is 2.56. The normalized spacial score (nSPS) is 16.6. The molecule has 0 radical (unpaired) electrons. The van der Waals surface area contributed by atoms with Crippen LogP contribution >= 0.6 is 12.6 Å². The smallest absolute Gasteiger partial charge is 0.270 e. The first-order chi connectivity index (χ1) is 8.59. The summed E-state index contributed by atoms with van der Waals surface area (Å²) in [6.45, 7) is 1.50. The molecule has 1 aromatic rings. The molecule has 7 heteroatoms. The summed E-state index contributed by atoms with van der Waals surface area (Å²) in [5.41, 5.74) is 0.318. The summed E-state index contributed by atoms with van der Waals surface area (Å²) >= 11 is 4.37. The topological polar surface area (TPSA) is 87.8 Å². The number of hydrogen-bond acceptors (Lipinski definition) is 6. The lowest BCUT2D eigenvalue weighted by Crippen LogP contribution is -2.32. The van der Waals surface area contributed by atoms with Crippen molar-refractivity contribution in [1.82, 2.24) is 5.32 Å². The minimum Gasteiger partial charge on any atom is -0.508 e. The Morgan fingerprint density at radius 2 is 2.33 bits per heavy atom. The minimum atomic E-state index is -0.500. The number of nitro benzene ring substituents is 1.